The van der Waals surface area contributed by atoms with Crippen molar-refractivity contribution in [2.45, 2.75) is 56.9 Å². The zero-order valence-corrected chi connectivity index (χ0v) is 23.9. The highest BCUT2D eigenvalue weighted by Gasteiger charge is 2.31. The molecule has 3 atom stereocenters. The number of hydrogen-bond donors (Lipinski definition) is 1. The van der Waals surface area contributed by atoms with Gasteiger partial charge in [0, 0.05) is 39.0 Å². The molecule has 1 N–H and O–H groups in total. The second kappa shape index (κ2) is 13.4. The fourth-order valence-corrected chi connectivity index (χ4v) is 5.71. The minimum Gasteiger partial charge on any atom is -0.457 e. The molecule has 1 aromatic heterocycles. The van der Waals surface area contributed by atoms with Crippen molar-refractivity contribution in [3.8, 4) is 11.5 Å². The van der Waals surface area contributed by atoms with Crippen molar-refractivity contribution < 1.29 is 27.8 Å². The summed E-state index contributed by atoms with van der Waals surface area (Å²) in [5.74, 6) is 0.858. The second-order valence-electron chi connectivity index (χ2n) is 10.2. The van der Waals surface area contributed by atoms with E-state index >= 15 is 0 Å². The third-order valence-electron chi connectivity index (χ3n) is 6.99. The fourth-order valence-electron chi connectivity index (χ4n) is 4.53. The topological polar surface area (TPSA) is 127 Å². The minimum atomic E-state index is -3.85. The molecule has 216 valence electrons. The monoisotopic (exact) mass is 571 g/mol. The number of rotatable bonds is 8. The molecule has 0 saturated heterocycles. The SMILES string of the molecule is CC(CO)N1C[C@@H](C)[C@@H](CN(C)S(=O)(=O)c2ccc(Oc3ccccc3)cc2)OCc2cn(nn2)CCCC1=O. The molecular weight excluding hydrogens is 534 g/mol. The Kier molecular flexibility index (Phi) is 9.90. The molecule has 0 aliphatic carbocycles. The van der Waals surface area contributed by atoms with Gasteiger partial charge in [0.15, 0.2) is 0 Å². The van der Waals surface area contributed by atoms with E-state index < -0.39 is 16.1 Å². The van der Waals surface area contributed by atoms with Gasteiger partial charge in [-0.3, -0.25) is 9.48 Å². The molecule has 2 bridgehead atoms. The van der Waals surface area contributed by atoms with Gasteiger partial charge in [-0.25, -0.2) is 8.42 Å². The molecular formula is C28H37N5O6S. The second-order valence-corrected chi connectivity index (χ2v) is 12.2. The van der Waals surface area contributed by atoms with Crippen LogP contribution in [0.1, 0.15) is 32.4 Å². The fraction of sp³-hybridized carbons (Fsp3) is 0.464. The lowest BCUT2D eigenvalue weighted by Crippen LogP contribution is -2.47. The van der Waals surface area contributed by atoms with E-state index in [1.54, 1.807) is 34.8 Å². The number of amides is 1. The Balaban J connectivity index is 1.51. The molecule has 1 aliphatic rings. The van der Waals surface area contributed by atoms with Crippen LogP contribution in [0.15, 0.2) is 65.7 Å². The number of fused-ring (bicyclic) bond motifs is 2. The molecule has 1 aliphatic heterocycles. The van der Waals surface area contributed by atoms with Crippen molar-refractivity contribution in [3.63, 3.8) is 0 Å². The summed E-state index contributed by atoms with van der Waals surface area (Å²) in [7, 11) is -2.34. The minimum absolute atomic E-state index is 0.0510. The first-order chi connectivity index (χ1) is 19.2. The maximum atomic E-state index is 13.5. The van der Waals surface area contributed by atoms with Crippen LogP contribution >= 0.6 is 0 Å². The molecule has 1 amide bonds. The Hall–Kier alpha value is -3.32. The molecule has 0 spiro atoms. The Morgan fingerprint density at radius 2 is 1.85 bits per heavy atom. The number of likely N-dealkylation sites (N-methyl/N-ethyl adjacent to an activating group) is 1. The Labute approximate surface area is 235 Å². The third kappa shape index (κ3) is 7.45. The summed E-state index contributed by atoms with van der Waals surface area (Å²) in [6.07, 6.45) is 2.10. The first-order valence-electron chi connectivity index (χ1n) is 13.4. The molecule has 2 heterocycles. The van der Waals surface area contributed by atoms with Gasteiger partial charge in [0.25, 0.3) is 0 Å². The predicted molar refractivity (Wildman–Crippen MR) is 148 cm³/mol. The van der Waals surface area contributed by atoms with Crippen LogP contribution < -0.4 is 4.74 Å². The van der Waals surface area contributed by atoms with Gasteiger partial charge in [0.1, 0.15) is 17.2 Å². The number of sulfonamides is 1. The number of carbonyl (C=O) groups excluding carboxylic acids is 1. The average Bonchev–Trinajstić information content (AvgIpc) is 3.41. The smallest absolute Gasteiger partial charge is 0.242 e. The molecule has 2 aromatic carbocycles. The van der Waals surface area contributed by atoms with Gasteiger partial charge in [0.05, 0.1) is 36.5 Å². The van der Waals surface area contributed by atoms with Crippen LogP contribution in [-0.2, 0) is 32.7 Å². The van der Waals surface area contributed by atoms with Gasteiger partial charge in [-0.1, -0.05) is 30.3 Å². The summed E-state index contributed by atoms with van der Waals surface area (Å²) in [5, 5.41) is 18.0. The number of benzene rings is 2. The maximum Gasteiger partial charge on any atom is 0.242 e. The predicted octanol–water partition coefficient (Wildman–Crippen LogP) is 2.92. The van der Waals surface area contributed by atoms with Gasteiger partial charge in [-0.05, 0) is 49.7 Å². The van der Waals surface area contributed by atoms with Crippen LogP contribution in [-0.4, -0.2) is 82.5 Å². The number of ether oxygens (including phenoxy) is 2. The van der Waals surface area contributed by atoms with Crippen molar-refractivity contribution in [3.05, 3.63) is 66.5 Å². The largest absolute Gasteiger partial charge is 0.457 e. The third-order valence-corrected chi connectivity index (χ3v) is 8.83. The van der Waals surface area contributed by atoms with Gasteiger partial charge in [-0.15, -0.1) is 5.10 Å². The number of aryl methyl sites for hydroxylation is 1. The van der Waals surface area contributed by atoms with E-state index in [1.807, 2.05) is 37.3 Å². The van der Waals surface area contributed by atoms with Crippen LogP contribution in [0.3, 0.4) is 0 Å². The lowest BCUT2D eigenvalue weighted by molar-refractivity contribution is -0.136. The van der Waals surface area contributed by atoms with Crippen molar-refractivity contribution in [1.29, 1.82) is 0 Å². The summed E-state index contributed by atoms with van der Waals surface area (Å²) in [4.78, 5) is 14.8. The number of hydrogen-bond acceptors (Lipinski definition) is 8. The van der Waals surface area contributed by atoms with Gasteiger partial charge < -0.3 is 19.5 Å². The van der Waals surface area contributed by atoms with E-state index in [0.29, 0.717) is 43.1 Å². The molecule has 0 radical (unpaired) electrons. The van der Waals surface area contributed by atoms with E-state index in [4.69, 9.17) is 9.47 Å². The Morgan fingerprint density at radius 3 is 2.55 bits per heavy atom. The number of aliphatic hydroxyl groups excluding tert-OH is 1. The zero-order chi connectivity index (χ0) is 28.7. The van der Waals surface area contributed by atoms with E-state index in [0.717, 1.165) is 0 Å². The lowest BCUT2D eigenvalue weighted by Gasteiger charge is -2.35. The summed E-state index contributed by atoms with van der Waals surface area (Å²) < 4.78 is 41.9. The summed E-state index contributed by atoms with van der Waals surface area (Å²) in [6.45, 7) is 4.59. The summed E-state index contributed by atoms with van der Waals surface area (Å²) >= 11 is 0. The van der Waals surface area contributed by atoms with Crippen LogP contribution in [0.2, 0.25) is 0 Å². The van der Waals surface area contributed by atoms with Crippen LogP contribution in [0.4, 0.5) is 0 Å². The standard InChI is InChI=1S/C28H37N5O6S/c1-21-16-33(22(2)19-34)28(35)10-7-15-32-17-23(29-30-32)20-38-27(21)18-31(3)40(36,37)26-13-11-25(12-14-26)39-24-8-5-4-6-9-24/h4-6,8-9,11-14,17,21-22,27,34H,7,10,15-16,18-20H2,1-3H3/t21-,22?,27-/m1/s1. The molecule has 3 aromatic rings. The van der Waals surface area contributed by atoms with Crippen molar-refractivity contribution in [2.24, 2.45) is 5.92 Å². The maximum absolute atomic E-state index is 13.5. The zero-order valence-electron chi connectivity index (χ0n) is 23.1. The van der Waals surface area contributed by atoms with E-state index in [9.17, 15) is 18.3 Å². The van der Waals surface area contributed by atoms with Crippen molar-refractivity contribution in [2.75, 3.05) is 26.7 Å². The highest BCUT2D eigenvalue weighted by Crippen LogP contribution is 2.25. The highest BCUT2D eigenvalue weighted by atomic mass is 32.2. The first-order valence-corrected chi connectivity index (χ1v) is 14.8. The van der Waals surface area contributed by atoms with Gasteiger partial charge in [0.2, 0.25) is 15.9 Å². The summed E-state index contributed by atoms with van der Waals surface area (Å²) in [5.41, 5.74) is 0.628. The number of carbonyl (C=O) groups is 1. The van der Waals surface area contributed by atoms with Crippen molar-refractivity contribution in [1.82, 2.24) is 24.2 Å². The molecule has 4 rings (SSSR count). The lowest BCUT2D eigenvalue weighted by atomic mass is 10.0. The number of nitrogens with zero attached hydrogens (tertiary/aromatic N) is 5. The summed E-state index contributed by atoms with van der Waals surface area (Å²) in [6, 6.07) is 15.1. The quantitative estimate of drug-likeness (QED) is 0.437. The molecule has 0 saturated carbocycles. The van der Waals surface area contributed by atoms with Crippen LogP contribution in [0.5, 0.6) is 11.5 Å². The van der Waals surface area contributed by atoms with E-state index in [-0.39, 0.29) is 42.5 Å². The molecule has 1 unspecified atom stereocenters. The molecule has 12 heteroatoms. The Bertz CT molecular complexity index is 1350. The molecule has 0 fully saturated rings. The first kappa shape index (κ1) is 29.7. The molecule has 11 nitrogen and oxygen atoms in total. The number of aliphatic hydroxyl groups is 1. The number of para-hydroxylation sites is 1. The van der Waals surface area contributed by atoms with E-state index in [1.165, 1.54) is 23.5 Å². The van der Waals surface area contributed by atoms with Gasteiger partial charge in [-0.2, -0.15) is 4.31 Å². The highest BCUT2D eigenvalue weighted by molar-refractivity contribution is 7.89. The Morgan fingerprint density at radius 1 is 1.15 bits per heavy atom. The number of aromatic nitrogens is 3. The normalized spacial score (nSPS) is 19.9. The molecule has 40 heavy (non-hydrogen) atoms. The average molecular weight is 572 g/mol. The van der Waals surface area contributed by atoms with Crippen LogP contribution in [0, 0.1) is 5.92 Å². The van der Waals surface area contributed by atoms with Crippen molar-refractivity contribution >= 4 is 15.9 Å². The van der Waals surface area contributed by atoms with E-state index in [2.05, 4.69) is 10.3 Å². The van der Waals surface area contributed by atoms with Gasteiger partial charge >= 0.3 is 0 Å². The van der Waals surface area contributed by atoms with Crippen LogP contribution in [0.25, 0.3) is 0 Å².